The first-order chi connectivity index (χ1) is 7.18. The highest BCUT2D eigenvalue weighted by Crippen LogP contribution is 2.30. The highest BCUT2D eigenvalue weighted by atomic mass is 19.1. The standard InChI is InChI=1S/C12H12FNO/c1-14-8-10(13)7-11(15)12(14)9-5-3-2-4-6-9/h2-8,12,15H,1H3. The van der Waals surface area contributed by atoms with Gasteiger partial charge in [-0.2, -0.15) is 0 Å². The van der Waals surface area contributed by atoms with Crippen molar-refractivity contribution in [2.45, 2.75) is 6.04 Å². The molecule has 1 N–H and O–H groups in total. The Bertz CT molecular complexity index is 411. The van der Waals surface area contributed by atoms with Crippen LogP contribution < -0.4 is 0 Å². The van der Waals surface area contributed by atoms with Crippen molar-refractivity contribution >= 4 is 0 Å². The lowest BCUT2D eigenvalue weighted by atomic mass is 10.0. The fraction of sp³-hybridized carbons (Fsp3) is 0.167. The van der Waals surface area contributed by atoms with E-state index in [1.807, 2.05) is 30.3 Å². The Kier molecular flexibility index (Phi) is 2.46. The van der Waals surface area contributed by atoms with Crippen molar-refractivity contribution in [1.29, 1.82) is 0 Å². The summed E-state index contributed by atoms with van der Waals surface area (Å²) in [6.45, 7) is 0. The molecule has 1 atom stereocenters. The summed E-state index contributed by atoms with van der Waals surface area (Å²) in [4.78, 5) is 1.65. The predicted octanol–water partition coefficient (Wildman–Crippen LogP) is 2.93. The van der Waals surface area contributed by atoms with Gasteiger partial charge in [-0.3, -0.25) is 0 Å². The zero-order chi connectivity index (χ0) is 10.8. The molecule has 1 aromatic carbocycles. The van der Waals surface area contributed by atoms with Crippen LogP contribution in [0.4, 0.5) is 4.39 Å². The van der Waals surface area contributed by atoms with E-state index in [1.165, 1.54) is 6.20 Å². The van der Waals surface area contributed by atoms with E-state index in [0.29, 0.717) is 0 Å². The third-order valence-electron chi connectivity index (χ3n) is 2.42. The predicted molar refractivity (Wildman–Crippen MR) is 56.8 cm³/mol. The van der Waals surface area contributed by atoms with E-state index in [1.54, 1.807) is 11.9 Å². The molecule has 0 amide bonds. The summed E-state index contributed by atoms with van der Waals surface area (Å²) in [5.41, 5.74) is 0.942. The molecule has 0 saturated heterocycles. The van der Waals surface area contributed by atoms with E-state index < -0.39 is 5.83 Å². The van der Waals surface area contributed by atoms with Gasteiger partial charge in [0.2, 0.25) is 0 Å². The van der Waals surface area contributed by atoms with E-state index in [2.05, 4.69) is 0 Å². The van der Waals surface area contributed by atoms with Crippen LogP contribution in [0.25, 0.3) is 0 Å². The Morgan fingerprint density at radius 2 is 1.93 bits per heavy atom. The molecule has 0 bridgehead atoms. The smallest absolute Gasteiger partial charge is 0.142 e. The van der Waals surface area contributed by atoms with Gasteiger partial charge in [-0.15, -0.1) is 0 Å². The lowest BCUT2D eigenvalue weighted by Crippen LogP contribution is -2.23. The quantitative estimate of drug-likeness (QED) is 0.762. The Morgan fingerprint density at radius 1 is 1.27 bits per heavy atom. The van der Waals surface area contributed by atoms with Crippen molar-refractivity contribution in [3.05, 3.63) is 59.8 Å². The molecule has 15 heavy (non-hydrogen) atoms. The normalized spacial score (nSPS) is 20.9. The number of aliphatic hydroxyl groups is 1. The maximum Gasteiger partial charge on any atom is 0.142 e. The average molecular weight is 205 g/mol. The number of nitrogens with zero attached hydrogens (tertiary/aromatic N) is 1. The average Bonchev–Trinajstić information content (AvgIpc) is 2.17. The third kappa shape index (κ3) is 1.86. The summed E-state index contributed by atoms with van der Waals surface area (Å²) in [6.07, 6.45) is 2.52. The van der Waals surface area contributed by atoms with Gasteiger partial charge in [-0.1, -0.05) is 30.3 Å². The summed E-state index contributed by atoms with van der Waals surface area (Å²) < 4.78 is 13.0. The van der Waals surface area contributed by atoms with Gasteiger partial charge < -0.3 is 10.0 Å². The van der Waals surface area contributed by atoms with Crippen LogP contribution in [0.15, 0.2) is 54.2 Å². The maximum atomic E-state index is 13.0. The van der Waals surface area contributed by atoms with Crippen molar-refractivity contribution in [2.24, 2.45) is 0 Å². The van der Waals surface area contributed by atoms with Crippen LogP contribution in [0.5, 0.6) is 0 Å². The number of benzene rings is 1. The molecular weight excluding hydrogens is 193 g/mol. The number of hydrogen-bond acceptors (Lipinski definition) is 2. The van der Waals surface area contributed by atoms with Gasteiger partial charge in [-0.05, 0) is 5.56 Å². The second-order valence-corrected chi connectivity index (χ2v) is 3.56. The summed E-state index contributed by atoms with van der Waals surface area (Å²) >= 11 is 0. The fourth-order valence-electron chi connectivity index (χ4n) is 1.78. The Morgan fingerprint density at radius 3 is 2.53 bits per heavy atom. The number of hydrogen-bond donors (Lipinski definition) is 1. The summed E-state index contributed by atoms with van der Waals surface area (Å²) in [5, 5.41) is 9.70. The Balaban J connectivity index is 2.36. The molecule has 2 nitrogen and oxygen atoms in total. The lowest BCUT2D eigenvalue weighted by molar-refractivity contribution is 0.252. The van der Waals surface area contributed by atoms with Crippen LogP contribution in [0.3, 0.4) is 0 Å². The monoisotopic (exact) mass is 205 g/mol. The molecule has 1 aromatic rings. The number of aliphatic hydroxyl groups excluding tert-OH is 1. The molecule has 0 radical (unpaired) electrons. The molecule has 0 aliphatic carbocycles. The molecule has 1 unspecified atom stereocenters. The molecule has 0 saturated carbocycles. The van der Waals surface area contributed by atoms with Crippen LogP contribution in [-0.2, 0) is 0 Å². The Hall–Kier alpha value is -1.77. The zero-order valence-corrected chi connectivity index (χ0v) is 8.39. The van der Waals surface area contributed by atoms with Gasteiger partial charge in [0.25, 0.3) is 0 Å². The van der Waals surface area contributed by atoms with E-state index in [0.717, 1.165) is 11.6 Å². The van der Waals surface area contributed by atoms with E-state index in [4.69, 9.17) is 0 Å². The lowest BCUT2D eigenvalue weighted by Gasteiger charge is -2.29. The molecule has 3 heteroatoms. The topological polar surface area (TPSA) is 23.5 Å². The van der Waals surface area contributed by atoms with Crippen molar-refractivity contribution in [2.75, 3.05) is 7.05 Å². The van der Waals surface area contributed by atoms with Crippen LogP contribution in [0, 0.1) is 0 Å². The molecule has 1 aliphatic rings. The molecule has 0 fully saturated rings. The summed E-state index contributed by atoms with van der Waals surface area (Å²) in [7, 11) is 1.74. The second kappa shape index (κ2) is 3.77. The summed E-state index contributed by atoms with van der Waals surface area (Å²) in [6, 6.07) is 9.22. The van der Waals surface area contributed by atoms with E-state index >= 15 is 0 Å². The van der Waals surface area contributed by atoms with Gasteiger partial charge >= 0.3 is 0 Å². The molecule has 1 heterocycles. The largest absolute Gasteiger partial charge is 0.510 e. The zero-order valence-electron chi connectivity index (χ0n) is 8.39. The summed E-state index contributed by atoms with van der Waals surface area (Å²) in [5.74, 6) is -0.397. The van der Waals surface area contributed by atoms with Gasteiger partial charge in [0.15, 0.2) is 0 Å². The van der Waals surface area contributed by atoms with Crippen molar-refractivity contribution < 1.29 is 9.50 Å². The molecule has 2 rings (SSSR count). The number of halogens is 1. The van der Waals surface area contributed by atoms with Crippen LogP contribution in [0.1, 0.15) is 11.6 Å². The van der Waals surface area contributed by atoms with Crippen molar-refractivity contribution in [3.8, 4) is 0 Å². The first-order valence-corrected chi connectivity index (χ1v) is 4.73. The fourth-order valence-corrected chi connectivity index (χ4v) is 1.78. The number of likely N-dealkylation sites (N-methyl/N-ethyl adjacent to an activating group) is 1. The molecular formula is C12H12FNO. The second-order valence-electron chi connectivity index (χ2n) is 3.56. The molecule has 1 aliphatic heterocycles. The number of allylic oxidation sites excluding steroid dienone is 2. The highest BCUT2D eigenvalue weighted by molar-refractivity contribution is 5.31. The van der Waals surface area contributed by atoms with Crippen LogP contribution in [0.2, 0.25) is 0 Å². The van der Waals surface area contributed by atoms with Crippen molar-refractivity contribution in [3.63, 3.8) is 0 Å². The molecule has 0 spiro atoms. The highest BCUT2D eigenvalue weighted by Gasteiger charge is 2.23. The van der Waals surface area contributed by atoms with Gasteiger partial charge in [0.05, 0.1) is 0 Å². The minimum Gasteiger partial charge on any atom is -0.510 e. The third-order valence-corrected chi connectivity index (χ3v) is 2.42. The minimum absolute atomic E-state index is 0.0312. The van der Waals surface area contributed by atoms with E-state index in [9.17, 15) is 9.50 Å². The van der Waals surface area contributed by atoms with Crippen LogP contribution >= 0.6 is 0 Å². The molecule has 0 aromatic heterocycles. The maximum absolute atomic E-state index is 13.0. The van der Waals surface area contributed by atoms with Crippen molar-refractivity contribution in [1.82, 2.24) is 4.90 Å². The first-order valence-electron chi connectivity index (χ1n) is 4.73. The SMILES string of the molecule is CN1C=C(F)C=C(O)C1c1ccccc1. The minimum atomic E-state index is -0.429. The number of rotatable bonds is 1. The first kappa shape index (κ1) is 9.77. The van der Waals surface area contributed by atoms with Gasteiger partial charge in [-0.25, -0.2) is 4.39 Å². The van der Waals surface area contributed by atoms with Gasteiger partial charge in [0, 0.05) is 19.3 Å². The molecule has 78 valence electrons. The van der Waals surface area contributed by atoms with Crippen LogP contribution in [-0.4, -0.2) is 17.1 Å². The van der Waals surface area contributed by atoms with Gasteiger partial charge in [0.1, 0.15) is 17.6 Å². The Labute approximate surface area is 88.0 Å². The van der Waals surface area contributed by atoms with E-state index in [-0.39, 0.29) is 11.8 Å².